The topological polar surface area (TPSA) is 58.6 Å². The smallest absolute Gasteiger partial charge is 0.249 e. The lowest BCUT2D eigenvalue weighted by atomic mass is 10.0. The molecule has 0 aliphatic carbocycles. The molecule has 0 saturated carbocycles. The predicted octanol–water partition coefficient (Wildman–Crippen LogP) is 0.929. The standard InChI is InChI=1S/C13H24N2O3/c1-13(2,3)18-9-11(16)15-8-6-5-7-10(15)12(17)14-4/h10H,5-9H2,1-4H3,(H,14,17). The first kappa shape index (κ1) is 15.0. The Balaban J connectivity index is 2.60. The molecule has 1 atom stereocenters. The summed E-state index contributed by atoms with van der Waals surface area (Å²) in [5, 5.41) is 2.62. The van der Waals surface area contributed by atoms with E-state index in [1.54, 1.807) is 11.9 Å². The Bertz CT molecular complexity index is 310. The molecule has 0 aromatic carbocycles. The fourth-order valence-electron chi connectivity index (χ4n) is 2.03. The van der Waals surface area contributed by atoms with Crippen molar-refractivity contribution in [2.45, 2.75) is 51.7 Å². The van der Waals surface area contributed by atoms with Gasteiger partial charge >= 0.3 is 0 Å². The molecule has 1 rings (SSSR count). The summed E-state index contributed by atoms with van der Waals surface area (Å²) in [5.74, 6) is -0.183. The molecule has 104 valence electrons. The number of likely N-dealkylation sites (N-methyl/N-ethyl adjacent to an activating group) is 1. The van der Waals surface area contributed by atoms with Gasteiger partial charge in [-0.25, -0.2) is 0 Å². The molecule has 1 heterocycles. The molecule has 1 aliphatic heterocycles. The van der Waals surface area contributed by atoms with Crippen molar-refractivity contribution in [1.82, 2.24) is 10.2 Å². The Labute approximate surface area is 109 Å². The lowest BCUT2D eigenvalue weighted by molar-refractivity contribution is -0.149. The summed E-state index contributed by atoms with van der Waals surface area (Å²) >= 11 is 0. The van der Waals surface area contributed by atoms with Gasteiger partial charge in [0, 0.05) is 13.6 Å². The highest BCUT2D eigenvalue weighted by molar-refractivity contribution is 5.88. The third kappa shape index (κ3) is 4.29. The van der Waals surface area contributed by atoms with E-state index >= 15 is 0 Å². The summed E-state index contributed by atoms with van der Waals surface area (Å²) < 4.78 is 5.48. The van der Waals surface area contributed by atoms with Crippen molar-refractivity contribution in [3.63, 3.8) is 0 Å². The highest BCUT2D eigenvalue weighted by atomic mass is 16.5. The van der Waals surface area contributed by atoms with E-state index in [0.29, 0.717) is 6.54 Å². The number of amides is 2. The van der Waals surface area contributed by atoms with Crippen LogP contribution in [0.2, 0.25) is 0 Å². The van der Waals surface area contributed by atoms with Crippen LogP contribution in [0.5, 0.6) is 0 Å². The predicted molar refractivity (Wildman–Crippen MR) is 69.1 cm³/mol. The molecular weight excluding hydrogens is 232 g/mol. The monoisotopic (exact) mass is 256 g/mol. The van der Waals surface area contributed by atoms with Gasteiger partial charge in [0.15, 0.2) is 0 Å². The van der Waals surface area contributed by atoms with Crippen molar-refractivity contribution in [2.24, 2.45) is 0 Å². The van der Waals surface area contributed by atoms with Crippen molar-refractivity contribution in [3.8, 4) is 0 Å². The first-order chi connectivity index (χ1) is 8.35. The Morgan fingerprint density at radius 2 is 2.00 bits per heavy atom. The minimum Gasteiger partial charge on any atom is -0.366 e. The lowest BCUT2D eigenvalue weighted by Crippen LogP contribution is -2.52. The van der Waals surface area contributed by atoms with Crippen molar-refractivity contribution in [2.75, 3.05) is 20.2 Å². The molecule has 5 heteroatoms. The number of carbonyl (C=O) groups is 2. The number of hydrogen-bond donors (Lipinski definition) is 1. The Morgan fingerprint density at radius 1 is 1.33 bits per heavy atom. The third-order valence-electron chi connectivity index (χ3n) is 3.00. The average Bonchev–Trinajstić information content (AvgIpc) is 2.34. The lowest BCUT2D eigenvalue weighted by Gasteiger charge is -2.35. The Kier molecular flexibility index (Phi) is 5.14. The van der Waals surface area contributed by atoms with E-state index in [4.69, 9.17) is 4.74 Å². The number of nitrogens with zero attached hydrogens (tertiary/aromatic N) is 1. The SMILES string of the molecule is CNC(=O)C1CCCCN1C(=O)COC(C)(C)C. The van der Waals surface area contributed by atoms with Crippen molar-refractivity contribution in [3.05, 3.63) is 0 Å². The van der Waals surface area contributed by atoms with Crippen LogP contribution in [0.4, 0.5) is 0 Å². The number of nitrogens with one attached hydrogen (secondary N) is 1. The molecule has 1 unspecified atom stereocenters. The zero-order valence-electron chi connectivity index (χ0n) is 11.8. The summed E-state index contributed by atoms with van der Waals surface area (Å²) in [6, 6.07) is -0.334. The number of rotatable bonds is 3. The highest BCUT2D eigenvalue weighted by Gasteiger charge is 2.31. The number of carbonyl (C=O) groups excluding carboxylic acids is 2. The maximum atomic E-state index is 12.1. The van der Waals surface area contributed by atoms with E-state index in [2.05, 4.69) is 5.32 Å². The van der Waals surface area contributed by atoms with Crippen LogP contribution in [0.1, 0.15) is 40.0 Å². The maximum absolute atomic E-state index is 12.1. The quantitative estimate of drug-likeness (QED) is 0.817. The summed E-state index contributed by atoms with van der Waals surface area (Å²) in [4.78, 5) is 25.5. The molecule has 1 N–H and O–H groups in total. The van der Waals surface area contributed by atoms with Gasteiger partial charge in [-0.1, -0.05) is 0 Å². The van der Waals surface area contributed by atoms with Gasteiger partial charge in [-0.05, 0) is 40.0 Å². The van der Waals surface area contributed by atoms with Gasteiger partial charge in [0.05, 0.1) is 5.60 Å². The van der Waals surface area contributed by atoms with Gasteiger partial charge in [-0.2, -0.15) is 0 Å². The van der Waals surface area contributed by atoms with E-state index in [0.717, 1.165) is 19.3 Å². The van der Waals surface area contributed by atoms with E-state index in [9.17, 15) is 9.59 Å². The Morgan fingerprint density at radius 3 is 2.56 bits per heavy atom. The zero-order valence-corrected chi connectivity index (χ0v) is 11.8. The van der Waals surface area contributed by atoms with E-state index in [1.807, 2.05) is 20.8 Å². The summed E-state index contributed by atoms with van der Waals surface area (Å²) in [5.41, 5.74) is -0.339. The maximum Gasteiger partial charge on any atom is 0.249 e. The normalized spacial score (nSPS) is 20.7. The summed E-state index contributed by atoms with van der Waals surface area (Å²) in [6.07, 6.45) is 2.68. The third-order valence-corrected chi connectivity index (χ3v) is 3.00. The van der Waals surface area contributed by atoms with Crippen LogP contribution in [0.25, 0.3) is 0 Å². The molecule has 1 saturated heterocycles. The number of ether oxygens (including phenoxy) is 1. The molecular formula is C13H24N2O3. The molecule has 0 aromatic rings. The van der Waals surface area contributed by atoms with Gasteiger partial charge < -0.3 is 15.0 Å². The van der Waals surface area contributed by atoms with Crippen molar-refractivity contribution < 1.29 is 14.3 Å². The molecule has 5 nitrogen and oxygen atoms in total. The molecule has 0 spiro atoms. The fourth-order valence-corrected chi connectivity index (χ4v) is 2.03. The fraction of sp³-hybridized carbons (Fsp3) is 0.846. The second-order valence-electron chi connectivity index (χ2n) is 5.61. The Hall–Kier alpha value is -1.10. The van der Waals surface area contributed by atoms with E-state index < -0.39 is 0 Å². The number of piperidine rings is 1. The van der Waals surface area contributed by atoms with Gasteiger partial charge in [0.25, 0.3) is 0 Å². The molecule has 1 fully saturated rings. The molecule has 0 aromatic heterocycles. The van der Waals surface area contributed by atoms with E-state index in [1.165, 1.54) is 0 Å². The number of likely N-dealkylation sites (tertiary alicyclic amines) is 1. The van der Waals surface area contributed by atoms with Crippen LogP contribution in [-0.4, -0.2) is 48.6 Å². The second kappa shape index (κ2) is 6.18. The van der Waals surface area contributed by atoms with Crippen molar-refractivity contribution in [1.29, 1.82) is 0 Å². The van der Waals surface area contributed by atoms with Crippen LogP contribution >= 0.6 is 0 Å². The second-order valence-corrected chi connectivity index (χ2v) is 5.61. The summed E-state index contributed by atoms with van der Waals surface area (Å²) in [6.45, 7) is 6.41. The van der Waals surface area contributed by atoms with Crippen molar-refractivity contribution >= 4 is 11.8 Å². The van der Waals surface area contributed by atoms with E-state index in [-0.39, 0.29) is 30.1 Å². The first-order valence-electron chi connectivity index (χ1n) is 6.50. The van der Waals surface area contributed by atoms with Crippen LogP contribution in [-0.2, 0) is 14.3 Å². The first-order valence-corrected chi connectivity index (χ1v) is 6.50. The highest BCUT2D eigenvalue weighted by Crippen LogP contribution is 2.18. The largest absolute Gasteiger partial charge is 0.366 e. The van der Waals surface area contributed by atoms with Gasteiger partial charge in [0.1, 0.15) is 12.6 Å². The van der Waals surface area contributed by atoms with Crippen LogP contribution in [0.15, 0.2) is 0 Å². The number of hydrogen-bond acceptors (Lipinski definition) is 3. The minimum absolute atomic E-state index is 0.0387. The summed E-state index contributed by atoms with van der Waals surface area (Å²) in [7, 11) is 1.60. The molecule has 1 aliphatic rings. The van der Waals surface area contributed by atoms with Crippen LogP contribution < -0.4 is 5.32 Å². The van der Waals surface area contributed by atoms with Gasteiger partial charge in [-0.3, -0.25) is 9.59 Å². The zero-order chi connectivity index (χ0) is 13.8. The molecule has 2 amide bonds. The minimum atomic E-state index is -0.339. The van der Waals surface area contributed by atoms with Crippen LogP contribution in [0.3, 0.4) is 0 Å². The van der Waals surface area contributed by atoms with Gasteiger partial charge in [-0.15, -0.1) is 0 Å². The van der Waals surface area contributed by atoms with Gasteiger partial charge in [0.2, 0.25) is 11.8 Å². The molecule has 0 radical (unpaired) electrons. The average molecular weight is 256 g/mol. The molecule has 18 heavy (non-hydrogen) atoms. The van der Waals surface area contributed by atoms with Crippen LogP contribution in [0, 0.1) is 0 Å². The molecule has 0 bridgehead atoms.